The number of halogens is 4. The van der Waals surface area contributed by atoms with Gasteiger partial charge in [-0.25, -0.2) is 14.0 Å². The lowest BCUT2D eigenvalue weighted by Crippen LogP contribution is -2.48. The standard InChI is InChI=1S/C37H45F4N5O6/c1-23-20-46(24(2)22-47)34(48)31-19-30(43-35(49)42-28-14-10-27(38)11-15-28)16-17-32(31)52-25(3)7-5-6-18-51-33(23)21-45(4)36(50)44-29-12-8-26(9-13-29)37(39,40)41/h8-17,19,23-25,33,47H,5-7,18,20-22H2,1-4H3,(H,44,50)(H2,42,43,49)/t23-,24+,25+,33+/m0/s1. The number of aliphatic hydroxyl groups excluding tert-OH is 1. The van der Waals surface area contributed by atoms with E-state index >= 15 is 0 Å². The van der Waals surface area contributed by atoms with Crippen molar-refractivity contribution < 1.29 is 46.5 Å². The number of rotatable bonds is 7. The highest BCUT2D eigenvalue weighted by molar-refractivity contribution is 6.02. The summed E-state index contributed by atoms with van der Waals surface area (Å²) in [5.74, 6) is -0.988. The van der Waals surface area contributed by atoms with Crippen LogP contribution < -0.4 is 20.7 Å². The largest absolute Gasteiger partial charge is 0.490 e. The van der Waals surface area contributed by atoms with Crippen molar-refractivity contribution in [1.82, 2.24) is 9.80 Å². The summed E-state index contributed by atoms with van der Waals surface area (Å²) in [5.41, 5.74) is 0.162. The predicted molar refractivity (Wildman–Crippen MR) is 189 cm³/mol. The minimum Gasteiger partial charge on any atom is -0.490 e. The van der Waals surface area contributed by atoms with Crippen LogP contribution in [0.4, 0.5) is 44.2 Å². The molecule has 0 fully saturated rings. The van der Waals surface area contributed by atoms with Gasteiger partial charge in [-0.1, -0.05) is 6.92 Å². The van der Waals surface area contributed by atoms with E-state index in [1.807, 2.05) is 13.8 Å². The number of fused-ring (bicyclic) bond motifs is 1. The molecule has 0 aliphatic carbocycles. The quantitative estimate of drug-likeness (QED) is 0.187. The molecular formula is C37H45F4N5O6. The molecule has 0 spiro atoms. The summed E-state index contributed by atoms with van der Waals surface area (Å²) in [6.45, 7) is 5.64. The average molecular weight is 732 g/mol. The lowest BCUT2D eigenvalue weighted by atomic mass is 10.0. The van der Waals surface area contributed by atoms with Crippen LogP contribution in [0.1, 0.15) is 56.0 Å². The number of carbonyl (C=O) groups excluding carboxylic acids is 3. The molecular weight excluding hydrogens is 686 g/mol. The van der Waals surface area contributed by atoms with Crippen molar-refractivity contribution in [2.24, 2.45) is 5.92 Å². The van der Waals surface area contributed by atoms with Gasteiger partial charge in [0.2, 0.25) is 0 Å². The molecule has 0 unspecified atom stereocenters. The highest BCUT2D eigenvalue weighted by Gasteiger charge is 2.32. The first-order chi connectivity index (χ1) is 24.6. The molecule has 4 atom stereocenters. The second kappa shape index (κ2) is 18.0. The van der Waals surface area contributed by atoms with Crippen LogP contribution in [0.2, 0.25) is 0 Å². The number of ether oxygens (including phenoxy) is 2. The van der Waals surface area contributed by atoms with E-state index in [4.69, 9.17) is 9.47 Å². The fourth-order valence-electron chi connectivity index (χ4n) is 5.60. The van der Waals surface area contributed by atoms with Crippen molar-refractivity contribution in [1.29, 1.82) is 0 Å². The molecule has 5 amide bonds. The molecule has 3 aromatic carbocycles. The van der Waals surface area contributed by atoms with Gasteiger partial charge in [0.15, 0.2) is 0 Å². The number of nitrogens with zero attached hydrogens (tertiary/aromatic N) is 2. The van der Waals surface area contributed by atoms with Crippen molar-refractivity contribution >= 4 is 35.0 Å². The molecule has 0 radical (unpaired) electrons. The molecule has 0 aromatic heterocycles. The first-order valence-electron chi connectivity index (χ1n) is 17.0. The molecule has 4 rings (SSSR count). The summed E-state index contributed by atoms with van der Waals surface area (Å²) in [7, 11) is 1.54. The zero-order valence-corrected chi connectivity index (χ0v) is 29.5. The second-order valence-electron chi connectivity index (χ2n) is 13.0. The van der Waals surface area contributed by atoms with Gasteiger partial charge in [-0.15, -0.1) is 0 Å². The Morgan fingerprint density at radius 2 is 1.58 bits per heavy atom. The Hall–Kier alpha value is -4.89. The Morgan fingerprint density at radius 3 is 2.23 bits per heavy atom. The molecule has 52 heavy (non-hydrogen) atoms. The van der Waals surface area contributed by atoms with Gasteiger partial charge < -0.3 is 40.3 Å². The first kappa shape index (κ1) is 39.9. The Bertz CT molecular complexity index is 1660. The number of amides is 5. The van der Waals surface area contributed by atoms with E-state index in [0.29, 0.717) is 30.9 Å². The highest BCUT2D eigenvalue weighted by Crippen LogP contribution is 2.31. The number of nitrogens with one attached hydrogen (secondary N) is 3. The number of anilines is 3. The van der Waals surface area contributed by atoms with Crippen molar-refractivity contribution in [3.8, 4) is 5.75 Å². The van der Waals surface area contributed by atoms with Gasteiger partial charge in [0.25, 0.3) is 5.91 Å². The van der Waals surface area contributed by atoms with E-state index in [1.165, 1.54) is 59.3 Å². The Balaban J connectivity index is 1.55. The molecule has 0 bridgehead atoms. The summed E-state index contributed by atoms with van der Waals surface area (Å²) in [5, 5.41) is 18.1. The van der Waals surface area contributed by atoms with Crippen LogP contribution in [0.25, 0.3) is 0 Å². The van der Waals surface area contributed by atoms with E-state index in [2.05, 4.69) is 16.0 Å². The molecule has 1 aliphatic rings. The number of aliphatic hydroxyl groups is 1. The van der Waals surface area contributed by atoms with Gasteiger partial charge in [-0.3, -0.25) is 4.79 Å². The van der Waals surface area contributed by atoms with Gasteiger partial charge in [0.1, 0.15) is 11.6 Å². The Morgan fingerprint density at radius 1 is 0.962 bits per heavy atom. The van der Waals surface area contributed by atoms with E-state index < -0.39 is 47.7 Å². The molecule has 282 valence electrons. The van der Waals surface area contributed by atoms with Gasteiger partial charge in [-0.05, 0) is 99.8 Å². The molecule has 4 N–H and O–H groups in total. The molecule has 3 aromatic rings. The van der Waals surface area contributed by atoms with Crippen molar-refractivity contribution in [3.05, 3.63) is 83.7 Å². The van der Waals surface area contributed by atoms with Crippen LogP contribution in [-0.2, 0) is 10.9 Å². The smallest absolute Gasteiger partial charge is 0.416 e. The molecule has 11 nitrogen and oxygen atoms in total. The van der Waals surface area contributed by atoms with Gasteiger partial charge in [-0.2, -0.15) is 13.2 Å². The maximum absolute atomic E-state index is 14.3. The number of likely N-dealkylation sites (N-methyl/N-ethyl adjacent to an activating group) is 1. The third kappa shape index (κ3) is 11.3. The topological polar surface area (TPSA) is 132 Å². The van der Waals surface area contributed by atoms with Crippen LogP contribution in [0.15, 0.2) is 66.7 Å². The van der Waals surface area contributed by atoms with Gasteiger partial charge in [0.05, 0.1) is 36.0 Å². The van der Waals surface area contributed by atoms with Crippen LogP contribution in [0, 0.1) is 11.7 Å². The summed E-state index contributed by atoms with van der Waals surface area (Å²) in [6.07, 6.45) is -3.28. The minimum absolute atomic E-state index is 0.0938. The third-order valence-corrected chi connectivity index (χ3v) is 8.68. The number of benzene rings is 3. The zero-order chi connectivity index (χ0) is 38.0. The number of urea groups is 2. The van der Waals surface area contributed by atoms with Gasteiger partial charge in [0, 0.05) is 49.7 Å². The molecule has 1 heterocycles. The lowest BCUT2D eigenvalue weighted by molar-refractivity contribution is -0.137. The minimum atomic E-state index is -4.50. The van der Waals surface area contributed by atoms with Crippen LogP contribution in [-0.4, -0.2) is 84.5 Å². The normalized spacial score (nSPS) is 19.4. The summed E-state index contributed by atoms with van der Waals surface area (Å²) in [4.78, 5) is 43.0. The van der Waals surface area contributed by atoms with Crippen molar-refractivity contribution in [2.45, 2.75) is 64.5 Å². The first-order valence-corrected chi connectivity index (χ1v) is 17.0. The fraction of sp³-hybridized carbons (Fsp3) is 0.432. The number of hydrogen-bond acceptors (Lipinski definition) is 6. The van der Waals surface area contributed by atoms with E-state index in [-0.39, 0.29) is 48.7 Å². The number of alkyl halides is 3. The maximum atomic E-state index is 14.3. The van der Waals surface area contributed by atoms with Crippen molar-refractivity contribution in [2.75, 3.05) is 49.3 Å². The molecule has 0 saturated carbocycles. The fourth-order valence-corrected chi connectivity index (χ4v) is 5.60. The Kier molecular flexibility index (Phi) is 13.8. The van der Waals surface area contributed by atoms with Crippen molar-refractivity contribution in [3.63, 3.8) is 0 Å². The molecule has 15 heteroatoms. The third-order valence-electron chi connectivity index (χ3n) is 8.68. The molecule has 0 saturated heterocycles. The average Bonchev–Trinajstić information content (AvgIpc) is 3.10. The summed E-state index contributed by atoms with van der Waals surface area (Å²) < 4.78 is 64.8. The summed E-state index contributed by atoms with van der Waals surface area (Å²) in [6, 6.07) is 12.2. The van der Waals surface area contributed by atoms with E-state index in [1.54, 1.807) is 19.1 Å². The van der Waals surface area contributed by atoms with E-state index in [0.717, 1.165) is 18.6 Å². The predicted octanol–water partition coefficient (Wildman–Crippen LogP) is 7.45. The van der Waals surface area contributed by atoms with Crippen LogP contribution in [0.5, 0.6) is 5.75 Å². The summed E-state index contributed by atoms with van der Waals surface area (Å²) >= 11 is 0. The zero-order valence-electron chi connectivity index (χ0n) is 29.5. The molecule has 1 aliphatic heterocycles. The SMILES string of the molecule is C[C@@H]1CCCCO[C@H](CN(C)C(=O)Nc2ccc(C(F)(F)F)cc2)[C@@H](C)CN([C@H](C)CO)C(=O)c2cc(NC(=O)Nc3ccc(F)cc3)ccc2O1. The number of hydrogen-bond donors (Lipinski definition) is 4. The second-order valence-corrected chi connectivity index (χ2v) is 13.0. The van der Waals surface area contributed by atoms with Gasteiger partial charge >= 0.3 is 18.2 Å². The Labute approximate surface area is 300 Å². The lowest BCUT2D eigenvalue weighted by Gasteiger charge is -2.35. The maximum Gasteiger partial charge on any atom is 0.416 e. The van der Waals surface area contributed by atoms with Crippen LogP contribution in [0.3, 0.4) is 0 Å². The monoisotopic (exact) mass is 731 g/mol. The van der Waals surface area contributed by atoms with Crippen LogP contribution >= 0.6 is 0 Å². The highest BCUT2D eigenvalue weighted by atomic mass is 19.4. The van der Waals surface area contributed by atoms with E-state index in [9.17, 15) is 37.1 Å². The number of carbonyl (C=O) groups is 3.